The molecule has 4 nitrogen and oxygen atoms in total. The number of likely N-dealkylation sites (N-methyl/N-ethyl adjacent to an activating group) is 1. The number of aliphatic hydroxyl groups excluding tert-OH is 1. The van der Waals surface area contributed by atoms with E-state index in [4.69, 9.17) is 0 Å². The van der Waals surface area contributed by atoms with E-state index in [0.717, 1.165) is 31.5 Å². The van der Waals surface area contributed by atoms with E-state index in [0.29, 0.717) is 5.92 Å². The zero-order valence-corrected chi connectivity index (χ0v) is 15.4. The highest BCUT2D eigenvalue weighted by atomic mass is 16.3. The van der Waals surface area contributed by atoms with Gasteiger partial charge in [0.15, 0.2) is 0 Å². The maximum absolute atomic E-state index is 11.2. The predicted molar refractivity (Wildman–Crippen MR) is 103 cm³/mol. The van der Waals surface area contributed by atoms with E-state index in [2.05, 4.69) is 46.6 Å². The number of fused-ring (bicyclic) bond motifs is 3. The van der Waals surface area contributed by atoms with Gasteiger partial charge in [0.05, 0.1) is 12.1 Å². The molecule has 4 heteroatoms. The molecule has 0 spiro atoms. The Morgan fingerprint density at radius 2 is 1.96 bits per heavy atom. The van der Waals surface area contributed by atoms with Crippen LogP contribution in [0.4, 0.5) is 0 Å². The molecule has 0 fully saturated rings. The molecule has 3 atom stereocenters. The molecule has 2 aliphatic heterocycles. The minimum Gasteiger partial charge on any atom is -0.386 e. The summed E-state index contributed by atoms with van der Waals surface area (Å²) in [7, 11) is 2.22. The summed E-state index contributed by atoms with van der Waals surface area (Å²) in [5.74, 6) is 0.567. The van der Waals surface area contributed by atoms with Crippen molar-refractivity contribution < 1.29 is 5.11 Å². The molecule has 0 saturated carbocycles. The summed E-state index contributed by atoms with van der Waals surface area (Å²) < 4.78 is 2.47. The van der Waals surface area contributed by atoms with E-state index in [1.165, 1.54) is 27.7 Å². The number of aryl methyl sites for hydroxylation is 1. The fraction of sp³-hybridized carbons (Fsp3) is 0.409. The van der Waals surface area contributed by atoms with Gasteiger partial charge in [0.2, 0.25) is 0 Å². The Balaban J connectivity index is 1.72. The number of aromatic nitrogens is 2. The van der Waals surface area contributed by atoms with Gasteiger partial charge in [0.1, 0.15) is 0 Å². The lowest BCUT2D eigenvalue weighted by molar-refractivity contribution is 0.0924. The molecule has 1 aromatic carbocycles. The number of nitrogens with zero attached hydrogens (tertiary/aromatic N) is 3. The van der Waals surface area contributed by atoms with Crippen LogP contribution in [0.25, 0.3) is 10.9 Å². The largest absolute Gasteiger partial charge is 0.386 e. The molecule has 26 heavy (non-hydrogen) atoms. The van der Waals surface area contributed by atoms with Gasteiger partial charge in [-0.25, -0.2) is 0 Å². The lowest BCUT2D eigenvalue weighted by Gasteiger charge is -2.39. The molecule has 134 valence electrons. The van der Waals surface area contributed by atoms with Crippen LogP contribution < -0.4 is 0 Å². The number of benzene rings is 1. The third kappa shape index (κ3) is 2.32. The summed E-state index contributed by atoms with van der Waals surface area (Å²) in [6, 6.07) is 10.7. The molecule has 0 saturated heterocycles. The lowest BCUT2D eigenvalue weighted by Crippen LogP contribution is -2.36. The normalized spacial score (nSPS) is 23.8. The lowest BCUT2D eigenvalue weighted by atomic mass is 9.84. The Morgan fingerprint density at radius 1 is 1.15 bits per heavy atom. The minimum absolute atomic E-state index is 0.0889. The summed E-state index contributed by atoms with van der Waals surface area (Å²) in [5, 5.41) is 12.6. The zero-order chi connectivity index (χ0) is 17.8. The Morgan fingerprint density at radius 3 is 2.77 bits per heavy atom. The van der Waals surface area contributed by atoms with E-state index in [1.807, 2.05) is 12.1 Å². The highest BCUT2D eigenvalue weighted by Crippen LogP contribution is 2.48. The van der Waals surface area contributed by atoms with Crippen LogP contribution in [0.3, 0.4) is 0 Å². The number of pyridine rings is 1. The van der Waals surface area contributed by atoms with Gasteiger partial charge in [-0.05, 0) is 62.2 Å². The van der Waals surface area contributed by atoms with E-state index in [1.54, 1.807) is 12.4 Å². The van der Waals surface area contributed by atoms with Gasteiger partial charge < -0.3 is 14.6 Å². The topological polar surface area (TPSA) is 41.3 Å². The van der Waals surface area contributed by atoms with Gasteiger partial charge in [0, 0.05) is 48.0 Å². The van der Waals surface area contributed by atoms with Crippen molar-refractivity contribution in [1.29, 1.82) is 0 Å². The van der Waals surface area contributed by atoms with Crippen LogP contribution in [0, 0.1) is 6.92 Å². The fourth-order valence-corrected chi connectivity index (χ4v) is 5.09. The average Bonchev–Trinajstić information content (AvgIpc) is 2.97. The van der Waals surface area contributed by atoms with Crippen molar-refractivity contribution in [2.45, 2.75) is 44.4 Å². The Hall–Kier alpha value is -2.17. The van der Waals surface area contributed by atoms with Crippen molar-refractivity contribution in [3.63, 3.8) is 0 Å². The average molecular weight is 347 g/mol. The third-order valence-electron chi connectivity index (χ3n) is 6.21. The number of rotatable bonds is 2. The first-order chi connectivity index (χ1) is 12.6. The van der Waals surface area contributed by atoms with Gasteiger partial charge in [-0.3, -0.25) is 4.98 Å². The second-order valence-electron chi connectivity index (χ2n) is 8.02. The highest BCUT2D eigenvalue weighted by molar-refractivity contribution is 5.87. The van der Waals surface area contributed by atoms with E-state index >= 15 is 0 Å². The van der Waals surface area contributed by atoms with Crippen molar-refractivity contribution in [2.75, 3.05) is 13.6 Å². The van der Waals surface area contributed by atoms with Crippen molar-refractivity contribution in [3.8, 4) is 0 Å². The van der Waals surface area contributed by atoms with Gasteiger partial charge in [0.25, 0.3) is 0 Å². The Kier molecular flexibility index (Phi) is 3.66. The first kappa shape index (κ1) is 16.0. The second-order valence-corrected chi connectivity index (χ2v) is 8.02. The smallest absolute Gasteiger partial charge is 0.0998 e. The van der Waals surface area contributed by atoms with Crippen LogP contribution >= 0.6 is 0 Å². The molecule has 3 unspecified atom stereocenters. The summed E-state index contributed by atoms with van der Waals surface area (Å²) in [6.07, 6.45) is 5.18. The molecule has 1 N–H and O–H groups in total. The number of hydrogen-bond acceptors (Lipinski definition) is 3. The molecule has 2 aromatic heterocycles. The van der Waals surface area contributed by atoms with E-state index in [-0.39, 0.29) is 6.04 Å². The summed E-state index contributed by atoms with van der Waals surface area (Å²) >= 11 is 0. The minimum atomic E-state index is -0.500. The molecule has 0 aliphatic carbocycles. The van der Waals surface area contributed by atoms with Gasteiger partial charge in [-0.2, -0.15) is 0 Å². The summed E-state index contributed by atoms with van der Waals surface area (Å²) in [6.45, 7) is 4.27. The summed E-state index contributed by atoms with van der Waals surface area (Å²) in [4.78, 5) is 6.54. The van der Waals surface area contributed by atoms with Crippen molar-refractivity contribution in [3.05, 3.63) is 65.1 Å². The molecule has 0 bridgehead atoms. The number of hydrogen-bond donors (Lipinski definition) is 1. The molecule has 5 rings (SSSR count). The molecule has 0 radical (unpaired) electrons. The molecule has 2 aliphatic rings. The van der Waals surface area contributed by atoms with Crippen LogP contribution in [0.5, 0.6) is 0 Å². The highest BCUT2D eigenvalue weighted by Gasteiger charge is 2.38. The van der Waals surface area contributed by atoms with Gasteiger partial charge in [-0.15, -0.1) is 0 Å². The van der Waals surface area contributed by atoms with Crippen LogP contribution in [0.1, 0.15) is 53.3 Å². The fourth-order valence-electron chi connectivity index (χ4n) is 5.09. The van der Waals surface area contributed by atoms with Crippen molar-refractivity contribution in [2.24, 2.45) is 0 Å². The SMILES string of the molecule is Cc1ccc2c(c1)c1c3n2C(C(O)c2ccncc2)CCC3CN(C)C1. The second kappa shape index (κ2) is 5.93. The quantitative estimate of drug-likeness (QED) is 0.763. The first-order valence-corrected chi connectivity index (χ1v) is 9.53. The Bertz CT molecular complexity index is 962. The van der Waals surface area contributed by atoms with Gasteiger partial charge in [-0.1, -0.05) is 11.6 Å². The van der Waals surface area contributed by atoms with Gasteiger partial charge >= 0.3 is 0 Å². The standard InChI is InChI=1S/C22H25N3O/c1-14-3-5-19-17(11-14)18-13-24(2)12-16-4-6-20(25(19)21(16)18)22(26)15-7-9-23-10-8-15/h3,5,7-11,16,20,22,26H,4,6,12-13H2,1-2H3. The van der Waals surface area contributed by atoms with Crippen LogP contribution in [-0.4, -0.2) is 33.1 Å². The maximum atomic E-state index is 11.2. The van der Waals surface area contributed by atoms with Crippen molar-refractivity contribution >= 4 is 10.9 Å². The van der Waals surface area contributed by atoms with Crippen LogP contribution in [-0.2, 0) is 6.54 Å². The van der Waals surface area contributed by atoms with Crippen LogP contribution in [0.15, 0.2) is 42.7 Å². The maximum Gasteiger partial charge on any atom is 0.0998 e. The zero-order valence-electron chi connectivity index (χ0n) is 15.4. The summed E-state index contributed by atoms with van der Waals surface area (Å²) in [5.41, 5.74) is 6.47. The third-order valence-corrected chi connectivity index (χ3v) is 6.21. The monoisotopic (exact) mass is 347 g/mol. The molecule has 3 aromatic rings. The van der Waals surface area contributed by atoms with Crippen LogP contribution in [0.2, 0.25) is 0 Å². The molecular weight excluding hydrogens is 322 g/mol. The first-order valence-electron chi connectivity index (χ1n) is 9.53. The molecule has 0 amide bonds. The predicted octanol–water partition coefficient (Wildman–Crippen LogP) is 3.94. The molecule has 4 heterocycles. The van der Waals surface area contributed by atoms with E-state index in [9.17, 15) is 5.11 Å². The van der Waals surface area contributed by atoms with E-state index < -0.39 is 6.10 Å². The van der Waals surface area contributed by atoms with Crippen molar-refractivity contribution in [1.82, 2.24) is 14.5 Å². The Labute approximate surface area is 154 Å². The number of aliphatic hydroxyl groups is 1. The molecular formula is C22H25N3O.